The SMILES string of the molecule is [2H]C12CCCCC1([2H])N1c3cccc4c3B(c3cc(C(C)(C)C)cc2c31)c1cccc2c3ccccc3n-4c12. The minimum atomic E-state index is -1.01. The molecule has 1 aromatic heterocycles. The zero-order valence-electron chi connectivity index (χ0n) is 23.7. The van der Waals surface area contributed by atoms with E-state index in [1.165, 1.54) is 49.4 Å². The summed E-state index contributed by atoms with van der Waals surface area (Å²) in [5, 5.41) is 2.58. The second kappa shape index (κ2) is 6.70. The molecule has 3 aliphatic heterocycles. The molecule has 4 aliphatic rings. The first-order chi connectivity index (χ1) is 18.7. The van der Waals surface area contributed by atoms with E-state index in [2.05, 4.69) is 103 Å². The maximum absolute atomic E-state index is 10.1. The molecule has 2 unspecified atom stereocenters. The van der Waals surface area contributed by atoms with Gasteiger partial charge in [0.2, 0.25) is 0 Å². The average Bonchev–Trinajstić information content (AvgIpc) is 3.37. The van der Waals surface area contributed by atoms with Gasteiger partial charge in [0.25, 0.3) is 6.71 Å². The Balaban J connectivity index is 1.49. The summed E-state index contributed by atoms with van der Waals surface area (Å²) in [6.07, 6.45) is 3.48. The van der Waals surface area contributed by atoms with Crippen LogP contribution in [0, 0.1) is 0 Å². The Kier molecular flexibility index (Phi) is 3.39. The minimum Gasteiger partial charge on any atom is -0.338 e. The highest BCUT2D eigenvalue weighted by Crippen LogP contribution is 2.53. The van der Waals surface area contributed by atoms with Crippen molar-refractivity contribution in [2.24, 2.45) is 0 Å². The summed E-state index contributed by atoms with van der Waals surface area (Å²) >= 11 is 0. The summed E-state index contributed by atoms with van der Waals surface area (Å²) in [5.74, 6) is -0.944. The molecule has 0 bridgehead atoms. The first-order valence-electron chi connectivity index (χ1n) is 14.9. The Morgan fingerprint density at radius 3 is 2.51 bits per heavy atom. The summed E-state index contributed by atoms with van der Waals surface area (Å²) < 4.78 is 22.5. The van der Waals surface area contributed by atoms with Gasteiger partial charge in [0, 0.05) is 46.6 Å². The molecule has 1 saturated carbocycles. The molecular formula is C34H31BN2. The second-order valence-electron chi connectivity index (χ2n) is 12.4. The van der Waals surface area contributed by atoms with E-state index in [1.54, 1.807) is 0 Å². The average molecular weight is 480 g/mol. The van der Waals surface area contributed by atoms with Gasteiger partial charge in [0.05, 0.1) is 6.89 Å². The number of hydrogen-bond acceptors (Lipinski definition) is 1. The highest BCUT2D eigenvalue weighted by molar-refractivity contribution is 7.00. The third-order valence-corrected chi connectivity index (χ3v) is 9.44. The van der Waals surface area contributed by atoms with Crippen LogP contribution < -0.4 is 21.3 Å². The highest BCUT2D eigenvalue weighted by atomic mass is 15.2. The van der Waals surface area contributed by atoms with Gasteiger partial charge in [0.1, 0.15) is 0 Å². The first-order valence-corrected chi connectivity index (χ1v) is 13.9. The highest BCUT2D eigenvalue weighted by Gasteiger charge is 2.50. The van der Waals surface area contributed by atoms with E-state index in [0.717, 1.165) is 42.6 Å². The van der Waals surface area contributed by atoms with E-state index in [1.807, 2.05) is 0 Å². The molecule has 0 radical (unpaired) electrons. The number of rotatable bonds is 0. The van der Waals surface area contributed by atoms with E-state index < -0.39 is 11.9 Å². The molecule has 2 nitrogen and oxygen atoms in total. The van der Waals surface area contributed by atoms with Crippen LogP contribution in [0.15, 0.2) is 72.8 Å². The van der Waals surface area contributed by atoms with Crippen molar-refractivity contribution in [2.45, 2.75) is 63.8 Å². The van der Waals surface area contributed by atoms with Crippen LogP contribution in [0.4, 0.5) is 11.4 Å². The largest absolute Gasteiger partial charge is 0.338 e. The van der Waals surface area contributed by atoms with Gasteiger partial charge in [-0.3, -0.25) is 0 Å². The molecule has 3 heteroatoms. The van der Waals surface area contributed by atoms with E-state index in [4.69, 9.17) is 0 Å². The number of benzene rings is 4. The van der Waals surface area contributed by atoms with Gasteiger partial charge in [-0.05, 0) is 64.0 Å². The fourth-order valence-electron chi connectivity index (χ4n) is 7.85. The van der Waals surface area contributed by atoms with Gasteiger partial charge in [-0.2, -0.15) is 0 Å². The third kappa shape index (κ3) is 2.40. The molecule has 0 N–H and O–H groups in total. The molecule has 0 amide bonds. The van der Waals surface area contributed by atoms with Crippen LogP contribution in [-0.4, -0.2) is 17.3 Å². The molecule has 2 atom stereocenters. The molecule has 37 heavy (non-hydrogen) atoms. The maximum Gasteiger partial charge on any atom is 0.252 e. The summed E-state index contributed by atoms with van der Waals surface area (Å²) in [7, 11) is 0. The monoisotopic (exact) mass is 480 g/mol. The Morgan fingerprint density at radius 2 is 1.62 bits per heavy atom. The summed E-state index contributed by atoms with van der Waals surface area (Å²) in [6, 6.07) is 26.0. The molecule has 180 valence electrons. The van der Waals surface area contributed by atoms with Crippen LogP contribution in [0.1, 0.15) is 66.2 Å². The number of nitrogens with zero attached hydrogens (tertiary/aromatic N) is 2. The second-order valence-corrected chi connectivity index (χ2v) is 12.4. The first kappa shape index (κ1) is 18.7. The molecule has 4 aromatic carbocycles. The van der Waals surface area contributed by atoms with E-state index >= 15 is 0 Å². The van der Waals surface area contributed by atoms with Crippen molar-refractivity contribution in [3.63, 3.8) is 0 Å². The van der Waals surface area contributed by atoms with E-state index in [0.29, 0.717) is 0 Å². The Morgan fingerprint density at radius 1 is 0.838 bits per heavy atom. The lowest BCUT2D eigenvalue weighted by atomic mass is 9.33. The van der Waals surface area contributed by atoms with Crippen molar-refractivity contribution in [3.8, 4) is 5.69 Å². The molecule has 1 aliphatic carbocycles. The predicted octanol–water partition coefficient (Wildman–Crippen LogP) is 6.40. The smallest absolute Gasteiger partial charge is 0.252 e. The van der Waals surface area contributed by atoms with Crippen LogP contribution in [0.2, 0.25) is 0 Å². The van der Waals surface area contributed by atoms with Crippen molar-refractivity contribution in [2.75, 3.05) is 4.90 Å². The minimum absolute atomic E-state index is 0.0516. The summed E-state index contributed by atoms with van der Waals surface area (Å²) in [5.41, 5.74) is 12.2. The molecule has 9 rings (SSSR count). The van der Waals surface area contributed by atoms with Gasteiger partial charge < -0.3 is 9.47 Å². The van der Waals surface area contributed by atoms with E-state index in [9.17, 15) is 2.74 Å². The molecule has 0 spiro atoms. The van der Waals surface area contributed by atoms with Crippen molar-refractivity contribution in [1.82, 2.24) is 4.57 Å². The topological polar surface area (TPSA) is 8.17 Å². The predicted molar refractivity (Wildman–Crippen MR) is 158 cm³/mol. The molecule has 4 heterocycles. The van der Waals surface area contributed by atoms with Gasteiger partial charge in [-0.1, -0.05) is 88.2 Å². The number of anilines is 2. The van der Waals surface area contributed by atoms with Gasteiger partial charge in [0.15, 0.2) is 0 Å². The molecule has 0 saturated heterocycles. The maximum atomic E-state index is 10.1. The Labute approximate surface area is 221 Å². The zero-order chi connectivity index (χ0) is 26.5. The third-order valence-electron chi connectivity index (χ3n) is 9.44. The van der Waals surface area contributed by atoms with Gasteiger partial charge >= 0.3 is 0 Å². The van der Waals surface area contributed by atoms with Crippen LogP contribution in [-0.2, 0) is 5.41 Å². The van der Waals surface area contributed by atoms with Crippen molar-refractivity contribution in [3.05, 3.63) is 83.9 Å². The normalized spacial score (nSPS) is 25.6. The number of fused-ring (bicyclic) bond motifs is 10. The van der Waals surface area contributed by atoms with Gasteiger partial charge in [-0.25, -0.2) is 0 Å². The van der Waals surface area contributed by atoms with Crippen LogP contribution >= 0.6 is 0 Å². The standard InChI is InChI=1S/C34H31BN2/c1-34(2,3)20-18-24-22-11-5-7-15-28(22)37-30-17-9-16-29-31(30)35(26(19-20)33(24)37)25-13-8-12-23-21-10-4-6-14-27(21)36(29)32(23)25/h4,6,8-10,12-14,16-19,22,28H,5,7,11,15H2,1-3H3/i22D,28D. The molecule has 1 fully saturated rings. The van der Waals surface area contributed by atoms with Gasteiger partial charge in [-0.15, -0.1) is 0 Å². The number of para-hydroxylation sites is 2. The number of hydrogen-bond donors (Lipinski definition) is 0. The van der Waals surface area contributed by atoms with Crippen molar-refractivity contribution in [1.29, 1.82) is 0 Å². The lowest BCUT2D eigenvalue weighted by Gasteiger charge is -2.42. The molecular weight excluding hydrogens is 447 g/mol. The fourth-order valence-corrected chi connectivity index (χ4v) is 7.85. The lowest BCUT2D eigenvalue weighted by Crippen LogP contribution is -2.61. The summed E-state index contributed by atoms with van der Waals surface area (Å²) in [4.78, 5) is 2.31. The zero-order valence-corrected chi connectivity index (χ0v) is 21.7. The van der Waals surface area contributed by atoms with Crippen molar-refractivity contribution < 1.29 is 2.74 Å². The summed E-state index contributed by atoms with van der Waals surface area (Å²) in [6.45, 7) is 6.92. The Bertz CT molecular complexity index is 1920. The quantitative estimate of drug-likeness (QED) is 0.228. The molecule has 5 aromatic rings. The van der Waals surface area contributed by atoms with Crippen LogP contribution in [0.25, 0.3) is 27.5 Å². The lowest BCUT2D eigenvalue weighted by molar-refractivity contribution is 0.402. The van der Waals surface area contributed by atoms with E-state index in [-0.39, 0.29) is 12.1 Å². The fraction of sp³-hybridized carbons (Fsp3) is 0.294. The van der Waals surface area contributed by atoms with Crippen LogP contribution in [0.5, 0.6) is 0 Å². The van der Waals surface area contributed by atoms with Crippen molar-refractivity contribution >= 4 is 56.3 Å². The Hall–Kier alpha value is -3.46. The number of aromatic nitrogens is 1. The van der Waals surface area contributed by atoms with Crippen LogP contribution in [0.3, 0.4) is 0 Å².